The molecule has 16 N–H and O–H groups in total. The zero-order valence-corrected chi connectivity index (χ0v) is 40.1. The van der Waals surface area contributed by atoms with Gasteiger partial charge in [-0.2, -0.15) is 0 Å². The number of aliphatic carboxylic acids is 2. The summed E-state index contributed by atoms with van der Waals surface area (Å²) in [5.74, 6) is -11.9. The summed E-state index contributed by atoms with van der Waals surface area (Å²) in [5.41, 5.74) is 12.2. The molecule has 0 spiro atoms. The normalized spacial score (nSPS) is 22.7. The summed E-state index contributed by atoms with van der Waals surface area (Å²) in [6.07, 6.45) is -3.21. The van der Waals surface area contributed by atoms with Crippen molar-refractivity contribution in [2.45, 2.75) is 133 Å². The van der Waals surface area contributed by atoms with Gasteiger partial charge in [0.25, 0.3) is 0 Å². The van der Waals surface area contributed by atoms with Gasteiger partial charge >= 0.3 is 11.9 Å². The lowest BCUT2D eigenvalue weighted by Crippen LogP contribution is -2.59. The lowest BCUT2D eigenvalue weighted by atomic mass is 10.0. The van der Waals surface area contributed by atoms with Crippen molar-refractivity contribution in [1.82, 2.24) is 42.5 Å². The summed E-state index contributed by atoms with van der Waals surface area (Å²) in [7, 11) is 0. The number of carboxylic acid groups (broad SMARTS) is 2. The smallest absolute Gasteiger partial charge is 0.303 e. The number of rotatable bonds is 17. The summed E-state index contributed by atoms with van der Waals surface area (Å²) in [5, 5.41) is 58.6. The van der Waals surface area contributed by atoms with Gasteiger partial charge in [0.05, 0.1) is 6.54 Å². The molecular weight excluding hydrogens is 945 g/mol. The number of primary amides is 1. The number of hydrogen-bond acceptors (Lipinski definition) is 14. The molecule has 25 heteroatoms. The van der Waals surface area contributed by atoms with Crippen LogP contribution in [0.2, 0.25) is 0 Å². The van der Waals surface area contributed by atoms with Gasteiger partial charge in [-0.15, -0.1) is 0 Å². The van der Waals surface area contributed by atoms with Gasteiger partial charge in [0.1, 0.15) is 53.8 Å². The molecule has 2 aromatic rings. The number of amides is 9. The number of benzene rings is 2. The van der Waals surface area contributed by atoms with Gasteiger partial charge in [0.15, 0.2) is 0 Å². The quantitative estimate of drug-likeness (QED) is 0.0733. The lowest BCUT2D eigenvalue weighted by molar-refractivity contribution is -0.139. The zero-order valence-electron chi connectivity index (χ0n) is 40.1. The Morgan fingerprint density at radius 1 is 0.556 bits per heavy atom. The molecule has 1 heterocycles. The van der Waals surface area contributed by atoms with E-state index in [9.17, 15) is 73.2 Å². The van der Waals surface area contributed by atoms with Crippen molar-refractivity contribution in [2.75, 3.05) is 13.1 Å². The molecule has 3 rings (SSSR count). The third kappa shape index (κ3) is 21.0. The molecule has 25 nitrogen and oxygen atoms in total. The van der Waals surface area contributed by atoms with Gasteiger partial charge < -0.3 is 74.4 Å². The Bertz CT molecular complexity index is 2240. The molecule has 394 valence electrons. The van der Waals surface area contributed by atoms with Crippen molar-refractivity contribution < 1.29 is 73.2 Å². The molecule has 0 aromatic heterocycles. The monoisotopic (exact) mass is 1010 g/mol. The fourth-order valence-electron chi connectivity index (χ4n) is 7.42. The Morgan fingerprint density at radius 2 is 0.972 bits per heavy atom. The van der Waals surface area contributed by atoms with Crippen molar-refractivity contribution in [3.8, 4) is 11.5 Å². The SMILES string of the molecule is CC(C)C[C@@H]1NC(=O)CNC(=O)[C@H](CCC(=O)O)NC(=O)[C@H](CCCCN)NC(=O)[C@H](Cc2ccc(O)cc2)NC(=O)[C@H](Cc2ccc(O)cc2)NC(=O)CC[C@@H](C(N)=O)NC(=O)[C@H](CCC(=O)O)NC1=O. The lowest BCUT2D eigenvalue weighted by Gasteiger charge is -2.27. The number of aromatic hydroxyl groups is 2. The van der Waals surface area contributed by atoms with Crippen LogP contribution in [0, 0.1) is 5.92 Å². The van der Waals surface area contributed by atoms with Gasteiger partial charge in [-0.05, 0) is 92.8 Å². The molecule has 1 saturated heterocycles. The van der Waals surface area contributed by atoms with E-state index in [0.717, 1.165) is 0 Å². The Hall–Kier alpha value is -7.83. The number of phenolic OH excluding ortho intramolecular Hbond substituents is 2. The van der Waals surface area contributed by atoms with Crippen LogP contribution in [0.25, 0.3) is 0 Å². The van der Waals surface area contributed by atoms with Gasteiger partial charge in [-0.25, -0.2) is 0 Å². The van der Waals surface area contributed by atoms with Gasteiger partial charge in [0, 0.05) is 32.1 Å². The molecule has 7 atom stereocenters. The Labute approximate surface area is 414 Å². The second kappa shape index (κ2) is 29.4. The fraction of sp³-hybridized carbons (Fsp3) is 0.511. The van der Waals surface area contributed by atoms with Crippen LogP contribution in [-0.2, 0) is 65.6 Å². The molecule has 1 aliphatic heterocycles. The number of carbonyl (C=O) groups excluding carboxylic acids is 9. The third-order valence-electron chi connectivity index (χ3n) is 11.3. The summed E-state index contributed by atoms with van der Waals surface area (Å²) < 4.78 is 0. The number of unbranched alkanes of at least 4 members (excludes halogenated alkanes) is 1. The number of hydrogen-bond donors (Lipinski definition) is 14. The highest BCUT2D eigenvalue weighted by atomic mass is 16.4. The van der Waals surface area contributed by atoms with Crippen molar-refractivity contribution >= 4 is 65.1 Å². The van der Waals surface area contributed by atoms with Crippen molar-refractivity contribution in [2.24, 2.45) is 17.4 Å². The Kier molecular flexibility index (Phi) is 23.9. The van der Waals surface area contributed by atoms with Crippen LogP contribution in [0.1, 0.15) is 89.2 Å². The maximum Gasteiger partial charge on any atom is 0.303 e. The highest BCUT2D eigenvalue weighted by molar-refractivity contribution is 5.98. The maximum atomic E-state index is 14.4. The second-order valence-corrected chi connectivity index (χ2v) is 17.7. The van der Waals surface area contributed by atoms with Crippen LogP contribution in [0.5, 0.6) is 11.5 Å². The van der Waals surface area contributed by atoms with E-state index in [0.29, 0.717) is 17.5 Å². The highest BCUT2D eigenvalue weighted by Crippen LogP contribution is 2.16. The van der Waals surface area contributed by atoms with Crippen LogP contribution >= 0.6 is 0 Å². The second-order valence-electron chi connectivity index (χ2n) is 17.7. The molecule has 0 unspecified atom stereocenters. The van der Waals surface area contributed by atoms with Gasteiger partial charge in [0.2, 0.25) is 53.2 Å². The van der Waals surface area contributed by atoms with E-state index in [1.807, 2.05) is 0 Å². The highest BCUT2D eigenvalue weighted by Gasteiger charge is 2.34. The first-order chi connectivity index (χ1) is 34.0. The first kappa shape index (κ1) is 58.5. The number of phenols is 2. The molecule has 2 aromatic carbocycles. The minimum atomic E-state index is -1.63. The first-order valence-corrected chi connectivity index (χ1v) is 23.4. The molecule has 0 aliphatic carbocycles. The summed E-state index contributed by atoms with van der Waals surface area (Å²) >= 11 is 0. The van der Waals surface area contributed by atoms with E-state index in [-0.39, 0.29) is 56.1 Å². The third-order valence-corrected chi connectivity index (χ3v) is 11.3. The van der Waals surface area contributed by atoms with E-state index in [4.69, 9.17) is 11.5 Å². The summed E-state index contributed by atoms with van der Waals surface area (Å²) in [6, 6.07) is 0.618. The van der Waals surface area contributed by atoms with Crippen LogP contribution in [0.15, 0.2) is 48.5 Å². The number of nitrogens with two attached hydrogens (primary N) is 2. The van der Waals surface area contributed by atoms with Crippen molar-refractivity contribution in [3.05, 3.63) is 59.7 Å². The van der Waals surface area contributed by atoms with Gasteiger partial charge in [-0.1, -0.05) is 38.1 Å². The molecular formula is C47H66N10O15. The molecule has 1 aliphatic rings. The van der Waals surface area contributed by atoms with Crippen LogP contribution in [-0.4, -0.2) is 141 Å². The topological polar surface area (TPSA) is 417 Å². The average Bonchev–Trinajstić information content (AvgIpc) is 3.31. The standard InChI is InChI=1S/C47H66N10O15/c1-25(2)21-34-45(70)56-33(16-19-40(64)65)44(69)53-30(41(49)66)14-17-37(60)51-35(22-26-6-10-28(58)11-7-26)46(71)57-36(23-27-8-12-29(59)13-9-27)47(72)54-31(5-3-4-20-48)43(68)55-32(15-18-39(62)63)42(67)50-24-38(61)52-34/h6-13,25,30-36,58-59H,3-5,14-24,48H2,1-2H3,(H2,49,66)(H,50,67)(H,51,60)(H,52,61)(H,53,69)(H,54,72)(H,55,68)(H,56,70)(H,57,71)(H,62,63)(H,64,65)/t30-,31-,32-,33-,34-,35-,36-/m0/s1. The van der Waals surface area contributed by atoms with Crippen LogP contribution in [0.4, 0.5) is 0 Å². The van der Waals surface area contributed by atoms with E-state index in [2.05, 4.69) is 42.5 Å². The molecule has 0 saturated carbocycles. The maximum absolute atomic E-state index is 14.4. The zero-order chi connectivity index (χ0) is 53.5. The number of carbonyl (C=O) groups is 11. The minimum Gasteiger partial charge on any atom is -0.508 e. The van der Waals surface area contributed by atoms with E-state index in [1.165, 1.54) is 48.5 Å². The number of nitrogens with one attached hydrogen (secondary N) is 8. The first-order valence-electron chi connectivity index (χ1n) is 23.4. The molecule has 0 radical (unpaired) electrons. The molecule has 0 bridgehead atoms. The summed E-state index contributed by atoms with van der Waals surface area (Å²) in [6.45, 7) is 2.81. The summed E-state index contributed by atoms with van der Waals surface area (Å²) in [4.78, 5) is 147. The largest absolute Gasteiger partial charge is 0.508 e. The van der Waals surface area contributed by atoms with Crippen LogP contribution < -0.4 is 54.0 Å². The number of carboxylic acids is 2. The van der Waals surface area contributed by atoms with Crippen molar-refractivity contribution in [1.29, 1.82) is 0 Å². The fourth-order valence-corrected chi connectivity index (χ4v) is 7.42. The van der Waals surface area contributed by atoms with Crippen LogP contribution in [0.3, 0.4) is 0 Å². The molecule has 72 heavy (non-hydrogen) atoms. The van der Waals surface area contributed by atoms with Crippen molar-refractivity contribution in [3.63, 3.8) is 0 Å². The Morgan fingerprint density at radius 3 is 1.44 bits per heavy atom. The van der Waals surface area contributed by atoms with E-state index >= 15 is 0 Å². The van der Waals surface area contributed by atoms with E-state index in [1.54, 1.807) is 13.8 Å². The van der Waals surface area contributed by atoms with Gasteiger partial charge in [-0.3, -0.25) is 52.7 Å². The Balaban J connectivity index is 2.15. The minimum absolute atomic E-state index is 0.0338. The predicted octanol–water partition coefficient (Wildman–Crippen LogP) is -2.42. The average molecular weight is 1010 g/mol. The predicted molar refractivity (Wildman–Crippen MR) is 255 cm³/mol. The molecule has 9 amide bonds. The van der Waals surface area contributed by atoms with E-state index < -0.39 is 152 Å². The molecule has 1 fully saturated rings.